The van der Waals surface area contributed by atoms with Gasteiger partial charge in [0.15, 0.2) is 12.5 Å². The molecule has 92 valence electrons. The number of carbonyl (C=O) groups excluding carboxylic acids is 1. The number of ketones is 1. The minimum absolute atomic E-state index is 0.288. The van der Waals surface area contributed by atoms with E-state index in [0.717, 1.165) is 5.56 Å². The highest BCUT2D eigenvalue weighted by atomic mass is 19.1. The number of hydrogen-bond acceptors (Lipinski definition) is 2. The largest absolute Gasteiger partial charge is 0.488 e. The normalized spacial score (nSPS) is 10.1. The van der Waals surface area contributed by atoms with E-state index in [1.165, 1.54) is 0 Å². The maximum Gasteiger partial charge on any atom is 0.197 e. The van der Waals surface area contributed by atoms with E-state index in [2.05, 4.69) is 0 Å². The summed E-state index contributed by atoms with van der Waals surface area (Å²) in [5, 5.41) is 0. The van der Waals surface area contributed by atoms with Gasteiger partial charge in [-0.25, -0.2) is 4.39 Å². The summed E-state index contributed by atoms with van der Waals surface area (Å²) in [5.41, 5.74) is 1.29. The average Bonchev–Trinajstić information content (AvgIpc) is 2.45. The Labute approximate surface area is 105 Å². The van der Waals surface area contributed by atoms with Gasteiger partial charge in [-0.3, -0.25) is 4.79 Å². The molecule has 0 atom stereocenters. The lowest BCUT2D eigenvalue weighted by Crippen LogP contribution is -2.05. The molecular weight excluding hydrogens is 231 g/mol. The van der Waals surface area contributed by atoms with E-state index in [-0.39, 0.29) is 5.56 Å². The molecule has 0 unspecified atom stereocenters. The molecule has 0 fully saturated rings. The molecule has 18 heavy (non-hydrogen) atoms. The average molecular weight is 244 g/mol. The van der Waals surface area contributed by atoms with Gasteiger partial charge < -0.3 is 4.74 Å². The quantitative estimate of drug-likeness (QED) is 0.753. The van der Waals surface area contributed by atoms with Gasteiger partial charge in [-0.05, 0) is 17.7 Å². The number of para-hydroxylation sites is 1. The summed E-state index contributed by atoms with van der Waals surface area (Å²) in [4.78, 5) is 11.4. The fraction of sp³-hybridized carbons (Fsp3) is 0.133. The van der Waals surface area contributed by atoms with Crippen molar-refractivity contribution in [3.8, 4) is 5.75 Å². The van der Waals surface area contributed by atoms with Gasteiger partial charge in [0.2, 0.25) is 0 Å². The van der Waals surface area contributed by atoms with E-state index in [0.29, 0.717) is 12.4 Å². The lowest BCUT2D eigenvalue weighted by Gasteiger charge is -2.09. The predicted molar refractivity (Wildman–Crippen MR) is 67.5 cm³/mol. The lowest BCUT2D eigenvalue weighted by atomic mass is 10.1. The van der Waals surface area contributed by atoms with Crippen LogP contribution in [-0.4, -0.2) is 12.5 Å². The van der Waals surface area contributed by atoms with Crippen LogP contribution in [-0.2, 0) is 6.61 Å². The van der Waals surface area contributed by atoms with E-state index < -0.39 is 12.5 Å². The highest BCUT2D eigenvalue weighted by molar-refractivity contribution is 5.99. The molecule has 3 heteroatoms. The Morgan fingerprint density at radius 3 is 2.39 bits per heavy atom. The molecule has 0 saturated carbocycles. The SMILES string of the molecule is O=C(CF)c1ccccc1OCc1ccccc1. The third kappa shape index (κ3) is 2.94. The second kappa shape index (κ2) is 5.96. The van der Waals surface area contributed by atoms with E-state index in [9.17, 15) is 9.18 Å². The van der Waals surface area contributed by atoms with Crippen molar-refractivity contribution in [2.24, 2.45) is 0 Å². The van der Waals surface area contributed by atoms with Crippen molar-refractivity contribution >= 4 is 5.78 Å². The summed E-state index contributed by atoms with van der Waals surface area (Å²) < 4.78 is 18.0. The maximum atomic E-state index is 12.4. The van der Waals surface area contributed by atoms with Gasteiger partial charge in [0.05, 0.1) is 5.56 Å². The van der Waals surface area contributed by atoms with E-state index in [1.54, 1.807) is 24.3 Å². The summed E-state index contributed by atoms with van der Waals surface area (Å²) in [6.45, 7) is -0.650. The van der Waals surface area contributed by atoms with Crippen molar-refractivity contribution in [1.29, 1.82) is 0 Å². The zero-order valence-corrected chi connectivity index (χ0v) is 9.80. The van der Waals surface area contributed by atoms with Gasteiger partial charge in [-0.2, -0.15) is 0 Å². The van der Waals surface area contributed by atoms with Crippen molar-refractivity contribution in [1.82, 2.24) is 0 Å². The first-order valence-electron chi connectivity index (χ1n) is 5.66. The minimum atomic E-state index is -1.01. The zero-order valence-electron chi connectivity index (χ0n) is 9.80. The summed E-state index contributed by atoms with van der Waals surface area (Å²) >= 11 is 0. The third-order valence-electron chi connectivity index (χ3n) is 2.55. The Bertz CT molecular complexity index is 523. The number of carbonyl (C=O) groups is 1. The van der Waals surface area contributed by atoms with Crippen LogP contribution in [0, 0.1) is 0 Å². The first-order valence-corrected chi connectivity index (χ1v) is 5.66. The number of alkyl halides is 1. The van der Waals surface area contributed by atoms with E-state index in [1.807, 2.05) is 30.3 Å². The van der Waals surface area contributed by atoms with Crippen molar-refractivity contribution in [2.45, 2.75) is 6.61 Å². The Morgan fingerprint density at radius 2 is 1.67 bits per heavy atom. The molecule has 0 aliphatic carbocycles. The number of benzene rings is 2. The van der Waals surface area contributed by atoms with E-state index in [4.69, 9.17) is 4.74 Å². The van der Waals surface area contributed by atoms with Crippen LogP contribution in [0.25, 0.3) is 0 Å². The summed E-state index contributed by atoms with van der Waals surface area (Å²) in [5.74, 6) is -0.136. The standard InChI is InChI=1S/C15H13FO2/c16-10-14(17)13-8-4-5-9-15(13)18-11-12-6-2-1-3-7-12/h1-9H,10-11H2. The summed E-state index contributed by atoms with van der Waals surface area (Å²) in [7, 11) is 0. The maximum absolute atomic E-state index is 12.4. The van der Waals surface area contributed by atoms with Gasteiger partial charge in [0, 0.05) is 0 Å². The van der Waals surface area contributed by atoms with Crippen molar-refractivity contribution in [2.75, 3.05) is 6.67 Å². The summed E-state index contributed by atoms with van der Waals surface area (Å²) in [6, 6.07) is 16.3. The fourth-order valence-corrected chi connectivity index (χ4v) is 1.63. The number of hydrogen-bond donors (Lipinski definition) is 0. The van der Waals surface area contributed by atoms with Crippen molar-refractivity contribution in [3.05, 3.63) is 65.7 Å². The molecule has 0 N–H and O–H groups in total. The first kappa shape index (κ1) is 12.3. The van der Waals surface area contributed by atoms with Gasteiger partial charge in [0.25, 0.3) is 0 Å². The molecule has 0 aliphatic heterocycles. The lowest BCUT2D eigenvalue weighted by molar-refractivity contribution is 0.0954. The zero-order chi connectivity index (χ0) is 12.8. The highest BCUT2D eigenvalue weighted by Gasteiger charge is 2.11. The van der Waals surface area contributed by atoms with E-state index >= 15 is 0 Å². The Balaban J connectivity index is 2.12. The molecule has 2 aromatic carbocycles. The molecule has 0 spiro atoms. The molecule has 2 aromatic rings. The first-order chi connectivity index (χ1) is 8.81. The monoisotopic (exact) mass is 244 g/mol. The van der Waals surface area contributed by atoms with Crippen LogP contribution in [0.1, 0.15) is 15.9 Å². The van der Waals surface area contributed by atoms with Gasteiger partial charge in [-0.15, -0.1) is 0 Å². The molecule has 0 saturated heterocycles. The molecule has 0 heterocycles. The van der Waals surface area contributed by atoms with Crippen LogP contribution in [0.15, 0.2) is 54.6 Å². The van der Waals surface area contributed by atoms with Crippen LogP contribution in [0.3, 0.4) is 0 Å². The molecule has 0 aromatic heterocycles. The number of Topliss-reactive ketones (excluding diaryl/α,β-unsaturated/α-hetero) is 1. The van der Waals surface area contributed by atoms with Crippen LogP contribution < -0.4 is 4.74 Å². The number of halogens is 1. The van der Waals surface area contributed by atoms with Crippen molar-refractivity contribution < 1.29 is 13.9 Å². The minimum Gasteiger partial charge on any atom is -0.488 e. The Hall–Kier alpha value is -2.16. The molecular formula is C15H13FO2. The molecule has 0 bridgehead atoms. The number of rotatable bonds is 5. The number of ether oxygens (including phenoxy) is 1. The molecule has 2 rings (SSSR count). The highest BCUT2D eigenvalue weighted by Crippen LogP contribution is 2.20. The second-order valence-corrected chi connectivity index (χ2v) is 3.83. The predicted octanol–water partition coefficient (Wildman–Crippen LogP) is 3.42. The van der Waals surface area contributed by atoms with Gasteiger partial charge >= 0.3 is 0 Å². The van der Waals surface area contributed by atoms with Crippen LogP contribution in [0.5, 0.6) is 5.75 Å². The second-order valence-electron chi connectivity index (χ2n) is 3.83. The van der Waals surface area contributed by atoms with Gasteiger partial charge in [-0.1, -0.05) is 42.5 Å². The molecule has 0 amide bonds. The van der Waals surface area contributed by atoms with Crippen molar-refractivity contribution in [3.63, 3.8) is 0 Å². The smallest absolute Gasteiger partial charge is 0.197 e. The fourth-order valence-electron chi connectivity index (χ4n) is 1.63. The summed E-state index contributed by atoms with van der Waals surface area (Å²) in [6.07, 6.45) is 0. The molecule has 0 aliphatic rings. The topological polar surface area (TPSA) is 26.3 Å². The Morgan fingerprint density at radius 1 is 1.00 bits per heavy atom. The third-order valence-corrected chi connectivity index (χ3v) is 2.55. The van der Waals surface area contributed by atoms with Gasteiger partial charge in [0.1, 0.15) is 12.4 Å². The molecule has 0 radical (unpaired) electrons. The van der Waals surface area contributed by atoms with Crippen LogP contribution >= 0.6 is 0 Å². The molecule has 2 nitrogen and oxygen atoms in total. The Kier molecular flexibility index (Phi) is 4.07. The van der Waals surface area contributed by atoms with Crippen LogP contribution in [0.2, 0.25) is 0 Å². The van der Waals surface area contributed by atoms with Crippen LogP contribution in [0.4, 0.5) is 4.39 Å².